The number of rotatable bonds is 7. The quantitative estimate of drug-likeness (QED) is 0.743. The van der Waals surface area contributed by atoms with Crippen molar-refractivity contribution < 1.29 is 9.53 Å². The molecule has 0 unspecified atom stereocenters. The summed E-state index contributed by atoms with van der Waals surface area (Å²) in [5, 5.41) is 6.60. The second-order valence-electron chi connectivity index (χ2n) is 5.27. The lowest BCUT2D eigenvalue weighted by atomic mass is 10.1. The van der Waals surface area contributed by atoms with Gasteiger partial charge in [0.15, 0.2) is 0 Å². The molecule has 1 aliphatic rings. The molecule has 1 aromatic rings. The second-order valence-corrected chi connectivity index (χ2v) is 5.71. The highest BCUT2D eigenvalue weighted by Crippen LogP contribution is 2.28. The molecule has 0 aliphatic heterocycles. The van der Waals surface area contributed by atoms with Gasteiger partial charge in [-0.05, 0) is 50.4 Å². The van der Waals surface area contributed by atoms with Crippen LogP contribution in [0, 0.1) is 0 Å². The number of hydrogen-bond donors (Lipinski definition) is 2. The van der Waals surface area contributed by atoms with Crippen LogP contribution in [0.5, 0.6) is 5.75 Å². The lowest BCUT2D eigenvalue weighted by molar-refractivity contribution is 0.0946. The van der Waals surface area contributed by atoms with E-state index in [1.807, 2.05) is 6.92 Å². The first-order valence-electron chi connectivity index (χ1n) is 7.66. The molecule has 0 aromatic heterocycles. The Kier molecular flexibility index (Phi) is 8.61. The van der Waals surface area contributed by atoms with Crippen LogP contribution in [0.15, 0.2) is 18.2 Å². The molecule has 6 heteroatoms. The zero-order valence-electron chi connectivity index (χ0n) is 12.9. The van der Waals surface area contributed by atoms with Crippen molar-refractivity contribution in [2.75, 3.05) is 19.6 Å². The van der Waals surface area contributed by atoms with Crippen LogP contribution >= 0.6 is 24.0 Å². The van der Waals surface area contributed by atoms with E-state index in [9.17, 15) is 4.79 Å². The van der Waals surface area contributed by atoms with Gasteiger partial charge in [-0.3, -0.25) is 4.79 Å². The molecule has 2 rings (SSSR count). The third-order valence-electron chi connectivity index (χ3n) is 3.62. The predicted octanol–water partition coefficient (Wildman–Crippen LogP) is 3.42. The number of halogens is 2. The fourth-order valence-corrected chi connectivity index (χ4v) is 2.68. The van der Waals surface area contributed by atoms with Crippen LogP contribution in [0.1, 0.15) is 43.0 Å². The van der Waals surface area contributed by atoms with Gasteiger partial charge in [-0.25, -0.2) is 0 Å². The van der Waals surface area contributed by atoms with Gasteiger partial charge in [-0.1, -0.05) is 18.5 Å². The molecule has 1 amide bonds. The molecule has 0 saturated heterocycles. The highest BCUT2D eigenvalue weighted by Gasteiger charge is 2.20. The average molecular weight is 347 g/mol. The molecule has 0 bridgehead atoms. The molecule has 124 valence electrons. The van der Waals surface area contributed by atoms with Crippen LogP contribution in [0.2, 0.25) is 5.02 Å². The smallest absolute Gasteiger partial charge is 0.255 e. The molecule has 0 atom stereocenters. The van der Waals surface area contributed by atoms with Gasteiger partial charge >= 0.3 is 0 Å². The first kappa shape index (κ1) is 19.1. The van der Waals surface area contributed by atoms with Crippen LogP contribution in [0.25, 0.3) is 0 Å². The molecule has 1 aliphatic carbocycles. The zero-order chi connectivity index (χ0) is 15.1. The lowest BCUT2D eigenvalue weighted by Gasteiger charge is -2.16. The normalized spacial score (nSPS) is 14.5. The molecular weight excluding hydrogens is 323 g/mol. The van der Waals surface area contributed by atoms with Crippen molar-refractivity contribution in [1.29, 1.82) is 0 Å². The van der Waals surface area contributed by atoms with E-state index in [4.69, 9.17) is 16.3 Å². The number of hydrogen-bond acceptors (Lipinski definition) is 3. The largest absolute Gasteiger partial charge is 0.490 e. The number of nitrogens with one attached hydrogen (secondary N) is 2. The van der Waals surface area contributed by atoms with E-state index in [1.165, 1.54) is 12.8 Å². The van der Waals surface area contributed by atoms with E-state index in [0.29, 0.717) is 22.9 Å². The van der Waals surface area contributed by atoms with Gasteiger partial charge in [-0.15, -0.1) is 12.4 Å². The Balaban J connectivity index is 0.00000242. The SMILES string of the molecule is CCNCCNC(=O)c1cc(Cl)ccc1OC1CCCC1.Cl. The van der Waals surface area contributed by atoms with Gasteiger partial charge in [0.05, 0.1) is 11.7 Å². The molecule has 0 heterocycles. The molecule has 1 aromatic carbocycles. The maximum atomic E-state index is 12.3. The summed E-state index contributed by atoms with van der Waals surface area (Å²) in [7, 11) is 0. The third kappa shape index (κ3) is 5.67. The van der Waals surface area contributed by atoms with E-state index >= 15 is 0 Å². The fourth-order valence-electron chi connectivity index (χ4n) is 2.50. The van der Waals surface area contributed by atoms with Crippen LogP contribution in [-0.4, -0.2) is 31.6 Å². The molecule has 22 heavy (non-hydrogen) atoms. The van der Waals surface area contributed by atoms with Crippen molar-refractivity contribution in [3.63, 3.8) is 0 Å². The van der Waals surface area contributed by atoms with Crippen molar-refractivity contribution in [1.82, 2.24) is 10.6 Å². The zero-order valence-corrected chi connectivity index (χ0v) is 14.4. The van der Waals surface area contributed by atoms with Gasteiger partial charge in [0.25, 0.3) is 5.91 Å². The summed E-state index contributed by atoms with van der Waals surface area (Å²) in [6.45, 7) is 4.26. The van der Waals surface area contributed by atoms with E-state index in [1.54, 1.807) is 18.2 Å². The van der Waals surface area contributed by atoms with Gasteiger partial charge in [0, 0.05) is 18.1 Å². The summed E-state index contributed by atoms with van der Waals surface area (Å²) in [5.74, 6) is 0.496. The topological polar surface area (TPSA) is 50.4 Å². The Bertz CT molecular complexity index is 477. The summed E-state index contributed by atoms with van der Waals surface area (Å²) < 4.78 is 5.97. The monoisotopic (exact) mass is 346 g/mol. The van der Waals surface area contributed by atoms with Crippen molar-refractivity contribution in [3.05, 3.63) is 28.8 Å². The lowest BCUT2D eigenvalue weighted by Crippen LogP contribution is -2.32. The highest BCUT2D eigenvalue weighted by molar-refractivity contribution is 6.31. The van der Waals surface area contributed by atoms with E-state index in [2.05, 4.69) is 10.6 Å². The molecule has 1 saturated carbocycles. The van der Waals surface area contributed by atoms with Gasteiger partial charge in [-0.2, -0.15) is 0 Å². The number of amides is 1. The maximum absolute atomic E-state index is 12.3. The Morgan fingerprint density at radius 1 is 1.32 bits per heavy atom. The van der Waals surface area contributed by atoms with Gasteiger partial charge < -0.3 is 15.4 Å². The van der Waals surface area contributed by atoms with Crippen LogP contribution < -0.4 is 15.4 Å². The van der Waals surface area contributed by atoms with E-state index in [0.717, 1.165) is 25.9 Å². The Morgan fingerprint density at radius 2 is 2.05 bits per heavy atom. The highest BCUT2D eigenvalue weighted by atomic mass is 35.5. The average Bonchev–Trinajstić information content (AvgIpc) is 2.98. The minimum atomic E-state index is -0.136. The number of likely N-dealkylation sites (N-methyl/N-ethyl adjacent to an activating group) is 1. The number of ether oxygens (including phenoxy) is 1. The summed E-state index contributed by atoms with van der Waals surface area (Å²) in [6, 6.07) is 5.23. The van der Waals surface area contributed by atoms with E-state index in [-0.39, 0.29) is 24.4 Å². The molecule has 2 N–H and O–H groups in total. The third-order valence-corrected chi connectivity index (χ3v) is 3.85. The standard InChI is InChI=1S/C16H23ClN2O2.ClH/c1-2-18-9-10-19-16(20)14-11-12(17)7-8-15(14)21-13-5-3-4-6-13;/h7-8,11,13,18H,2-6,9-10H2,1H3,(H,19,20);1H. The molecule has 1 fully saturated rings. The van der Waals surface area contributed by atoms with Crippen LogP contribution in [-0.2, 0) is 0 Å². The summed E-state index contributed by atoms with van der Waals surface area (Å²) >= 11 is 6.01. The van der Waals surface area contributed by atoms with Crippen molar-refractivity contribution in [2.24, 2.45) is 0 Å². The summed E-state index contributed by atoms with van der Waals surface area (Å²) in [5.41, 5.74) is 0.519. The molecule has 0 spiro atoms. The number of carbonyl (C=O) groups is 1. The first-order chi connectivity index (χ1) is 10.2. The van der Waals surface area contributed by atoms with Crippen LogP contribution in [0.4, 0.5) is 0 Å². The maximum Gasteiger partial charge on any atom is 0.255 e. The minimum Gasteiger partial charge on any atom is -0.490 e. The Labute approximate surface area is 143 Å². The second kappa shape index (κ2) is 9.93. The van der Waals surface area contributed by atoms with Gasteiger partial charge in [0.2, 0.25) is 0 Å². The van der Waals surface area contributed by atoms with Crippen LogP contribution in [0.3, 0.4) is 0 Å². The predicted molar refractivity (Wildman–Crippen MR) is 92.5 cm³/mol. The number of carbonyl (C=O) groups excluding carboxylic acids is 1. The van der Waals surface area contributed by atoms with Gasteiger partial charge in [0.1, 0.15) is 5.75 Å². The Morgan fingerprint density at radius 3 is 2.73 bits per heavy atom. The van der Waals surface area contributed by atoms with Crippen molar-refractivity contribution in [2.45, 2.75) is 38.7 Å². The molecule has 4 nitrogen and oxygen atoms in total. The molecular formula is C16H24Cl2N2O2. The first-order valence-corrected chi connectivity index (χ1v) is 8.03. The minimum absolute atomic E-state index is 0. The summed E-state index contributed by atoms with van der Waals surface area (Å²) in [4.78, 5) is 12.3. The Hall–Kier alpha value is -0.970. The van der Waals surface area contributed by atoms with Crippen molar-refractivity contribution >= 4 is 29.9 Å². The number of benzene rings is 1. The van der Waals surface area contributed by atoms with E-state index < -0.39 is 0 Å². The fraction of sp³-hybridized carbons (Fsp3) is 0.562. The molecule has 0 radical (unpaired) electrons. The van der Waals surface area contributed by atoms with Crippen molar-refractivity contribution in [3.8, 4) is 5.75 Å². The summed E-state index contributed by atoms with van der Waals surface area (Å²) in [6.07, 6.45) is 4.73.